The van der Waals surface area contributed by atoms with Crippen molar-refractivity contribution in [1.82, 2.24) is 9.62 Å². The van der Waals surface area contributed by atoms with Crippen molar-refractivity contribution in [2.75, 3.05) is 11.5 Å². The molecule has 29 heavy (non-hydrogen) atoms. The van der Waals surface area contributed by atoms with Crippen LogP contribution in [-0.2, 0) is 26.4 Å². The molecule has 0 aliphatic carbocycles. The first-order chi connectivity index (χ1) is 13.6. The minimum atomic E-state index is -4.17. The predicted molar refractivity (Wildman–Crippen MR) is 106 cm³/mol. The van der Waals surface area contributed by atoms with Crippen LogP contribution in [-0.4, -0.2) is 45.3 Å². The van der Waals surface area contributed by atoms with E-state index in [-0.39, 0.29) is 34.9 Å². The molecule has 0 saturated carbocycles. The maximum Gasteiger partial charge on any atom is 0.331 e. The molecule has 2 amide bonds. The molecule has 2 aromatic rings. The number of urea groups is 1. The summed E-state index contributed by atoms with van der Waals surface area (Å²) in [4.78, 5) is 13.8. The third-order valence-corrected chi connectivity index (χ3v) is 7.85. The van der Waals surface area contributed by atoms with E-state index in [2.05, 4.69) is 0 Å². The summed E-state index contributed by atoms with van der Waals surface area (Å²) in [6.45, 7) is 1.55. The average molecular weight is 441 g/mol. The van der Waals surface area contributed by atoms with Gasteiger partial charge in [0.05, 0.1) is 22.9 Å². The van der Waals surface area contributed by atoms with Crippen molar-refractivity contribution in [2.24, 2.45) is 0 Å². The lowest BCUT2D eigenvalue weighted by Gasteiger charge is -2.28. The number of halogens is 1. The molecule has 7 nitrogen and oxygen atoms in total. The van der Waals surface area contributed by atoms with Gasteiger partial charge in [0.1, 0.15) is 5.82 Å². The maximum absolute atomic E-state index is 14.1. The fourth-order valence-electron chi connectivity index (χ4n) is 3.15. The number of sulfonamides is 1. The smallest absolute Gasteiger partial charge is 0.316 e. The largest absolute Gasteiger partial charge is 0.331 e. The third kappa shape index (κ3) is 5.13. The quantitative estimate of drug-likeness (QED) is 0.768. The van der Waals surface area contributed by atoms with Gasteiger partial charge >= 0.3 is 6.03 Å². The van der Waals surface area contributed by atoms with E-state index in [0.717, 1.165) is 10.5 Å². The summed E-state index contributed by atoms with van der Waals surface area (Å²) in [5, 5.41) is 0. The highest BCUT2D eigenvalue weighted by Crippen LogP contribution is 2.22. The summed E-state index contributed by atoms with van der Waals surface area (Å²) < 4.78 is 65.0. The molecule has 0 aromatic heterocycles. The van der Waals surface area contributed by atoms with Crippen LogP contribution in [0.4, 0.5) is 9.18 Å². The highest BCUT2D eigenvalue weighted by Gasteiger charge is 2.36. The van der Waals surface area contributed by atoms with Gasteiger partial charge in [0.25, 0.3) is 10.0 Å². The van der Waals surface area contributed by atoms with Crippen molar-refractivity contribution in [3.63, 3.8) is 0 Å². The van der Waals surface area contributed by atoms with Crippen LogP contribution in [0.2, 0.25) is 0 Å². The van der Waals surface area contributed by atoms with Gasteiger partial charge in [-0.2, -0.15) is 0 Å². The Kier molecular flexibility index (Phi) is 5.95. The number of hydrogen-bond acceptors (Lipinski definition) is 5. The monoisotopic (exact) mass is 440 g/mol. The zero-order valence-corrected chi connectivity index (χ0v) is 17.3. The Hall–Kier alpha value is -2.46. The van der Waals surface area contributed by atoms with Gasteiger partial charge in [0, 0.05) is 11.6 Å². The lowest BCUT2D eigenvalue weighted by Crippen LogP contribution is -2.48. The Morgan fingerprint density at radius 1 is 1.17 bits per heavy atom. The molecule has 1 heterocycles. The van der Waals surface area contributed by atoms with Crippen LogP contribution in [0.3, 0.4) is 0 Å². The Morgan fingerprint density at radius 3 is 2.41 bits per heavy atom. The molecule has 1 atom stereocenters. The number of carbonyl (C=O) groups is 1. The molecule has 1 aliphatic rings. The molecule has 1 saturated heterocycles. The number of hydrogen-bond donors (Lipinski definition) is 1. The van der Waals surface area contributed by atoms with E-state index in [0.29, 0.717) is 0 Å². The molecule has 10 heteroatoms. The van der Waals surface area contributed by atoms with E-state index < -0.39 is 37.8 Å². The van der Waals surface area contributed by atoms with Crippen LogP contribution in [0.5, 0.6) is 0 Å². The van der Waals surface area contributed by atoms with Crippen LogP contribution < -0.4 is 4.72 Å². The molecule has 0 spiro atoms. The SMILES string of the molecule is Cc1ccc(S(=O)(=O)NC(=O)N(Cc2ccccc2F)C2CCS(=O)(=O)C2)cc1. The van der Waals surface area contributed by atoms with Gasteiger partial charge in [0.2, 0.25) is 0 Å². The lowest BCUT2D eigenvalue weighted by atomic mass is 10.1. The molecule has 1 fully saturated rings. The van der Waals surface area contributed by atoms with Crippen molar-refractivity contribution < 1.29 is 26.0 Å². The van der Waals surface area contributed by atoms with Crippen molar-refractivity contribution >= 4 is 25.9 Å². The summed E-state index contributed by atoms with van der Waals surface area (Å²) in [5.74, 6) is -0.962. The molecule has 1 aliphatic heterocycles. The van der Waals surface area contributed by atoms with Gasteiger partial charge in [-0.3, -0.25) is 0 Å². The Labute approximate surface area is 169 Å². The molecule has 156 valence electrons. The van der Waals surface area contributed by atoms with Gasteiger partial charge < -0.3 is 4.90 Å². The van der Waals surface area contributed by atoms with Crippen molar-refractivity contribution in [2.45, 2.75) is 30.8 Å². The van der Waals surface area contributed by atoms with Gasteiger partial charge in [-0.1, -0.05) is 35.9 Å². The highest BCUT2D eigenvalue weighted by atomic mass is 32.2. The van der Waals surface area contributed by atoms with Crippen LogP contribution in [0, 0.1) is 12.7 Å². The normalized spacial score (nSPS) is 18.3. The zero-order valence-electron chi connectivity index (χ0n) is 15.7. The van der Waals surface area contributed by atoms with E-state index >= 15 is 0 Å². The van der Waals surface area contributed by atoms with Crippen LogP contribution in [0.1, 0.15) is 17.5 Å². The van der Waals surface area contributed by atoms with Gasteiger partial charge in [-0.05, 0) is 31.5 Å². The topological polar surface area (TPSA) is 101 Å². The lowest BCUT2D eigenvalue weighted by molar-refractivity contribution is 0.181. The molecule has 1 N–H and O–H groups in total. The fraction of sp³-hybridized carbons (Fsp3) is 0.316. The second kappa shape index (κ2) is 8.11. The fourth-order valence-corrected chi connectivity index (χ4v) is 5.84. The number of benzene rings is 2. The first kappa shape index (κ1) is 21.3. The maximum atomic E-state index is 14.1. The molecular weight excluding hydrogens is 419 g/mol. The van der Waals surface area contributed by atoms with Crippen LogP contribution >= 0.6 is 0 Å². The Morgan fingerprint density at radius 2 is 1.83 bits per heavy atom. The summed E-state index contributed by atoms with van der Waals surface area (Å²) in [5.41, 5.74) is 1.02. The predicted octanol–water partition coefficient (Wildman–Crippen LogP) is 2.22. The first-order valence-corrected chi connectivity index (χ1v) is 12.2. The van der Waals surface area contributed by atoms with E-state index in [1.54, 1.807) is 25.1 Å². The van der Waals surface area contributed by atoms with Crippen LogP contribution in [0.15, 0.2) is 53.4 Å². The van der Waals surface area contributed by atoms with Gasteiger partial charge in [-0.25, -0.2) is 30.7 Å². The molecule has 0 radical (unpaired) electrons. The first-order valence-electron chi connectivity index (χ1n) is 8.91. The van der Waals surface area contributed by atoms with Crippen LogP contribution in [0.25, 0.3) is 0 Å². The second-order valence-electron chi connectivity index (χ2n) is 7.00. The molecule has 2 aromatic carbocycles. The summed E-state index contributed by atoms with van der Waals surface area (Å²) in [7, 11) is -7.51. The van der Waals surface area contributed by atoms with Crippen molar-refractivity contribution in [3.8, 4) is 0 Å². The number of rotatable bonds is 5. The van der Waals surface area contributed by atoms with Gasteiger partial charge in [-0.15, -0.1) is 0 Å². The Bertz CT molecular complexity index is 1120. The number of nitrogens with zero attached hydrogens (tertiary/aromatic N) is 1. The highest BCUT2D eigenvalue weighted by molar-refractivity contribution is 7.91. The second-order valence-corrected chi connectivity index (χ2v) is 10.9. The van der Waals surface area contributed by atoms with Crippen molar-refractivity contribution in [1.29, 1.82) is 0 Å². The minimum absolute atomic E-state index is 0.0960. The molecule has 0 bridgehead atoms. The number of carbonyl (C=O) groups excluding carboxylic acids is 1. The molecular formula is C19H21FN2O5S2. The Balaban J connectivity index is 1.87. The van der Waals surface area contributed by atoms with E-state index in [9.17, 15) is 26.0 Å². The number of amides is 2. The average Bonchev–Trinajstić information content (AvgIpc) is 3.00. The third-order valence-electron chi connectivity index (χ3n) is 4.76. The molecule has 3 rings (SSSR count). The number of aryl methyl sites for hydroxylation is 1. The van der Waals surface area contributed by atoms with Crippen molar-refractivity contribution in [3.05, 3.63) is 65.5 Å². The minimum Gasteiger partial charge on any atom is -0.316 e. The van der Waals surface area contributed by atoms with E-state index in [1.165, 1.54) is 30.3 Å². The van der Waals surface area contributed by atoms with E-state index in [1.807, 2.05) is 4.72 Å². The zero-order chi connectivity index (χ0) is 21.2. The number of sulfone groups is 1. The summed E-state index contributed by atoms with van der Waals surface area (Å²) >= 11 is 0. The van der Waals surface area contributed by atoms with E-state index in [4.69, 9.17) is 0 Å². The summed E-state index contributed by atoms with van der Waals surface area (Å²) in [6.07, 6.45) is 0.161. The molecule has 1 unspecified atom stereocenters. The summed E-state index contributed by atoms with van der Waals surface area (Å²) in [6, 6.07) is 9.96. The number of nitrogens with one attached hydrogen (secondary N) is 1. The van der Waals surface area contributed by atoms with Gasteiger partial charge in [0.15, 0.2) is 9.84 Å². The standard InChI is InChI=1S/C19H21FN2O5S2/c1-14-6-8-17(9-7-14)29(26,27)21-19(23)22(16-10-11-28(24,25)13-16)12-15-4-2-3-5-18(15)20/h2-9,16H,10-13H2,1H3,(H,21,23).